The van der Waals surface area contributed by atoms with Crippen LogP contribution in [0.5, 0.6) is 0 Å². The monoisotopic (exact) mass is 455 g/mol. The third kappa shape index (κ3) is 4.37. The van der Waals surface area contributed by atoms with E-state index in [1.165, 1.54) is 11.3 Å². The predicted molar refractivity (Wildman–Crippen MR) is 124 cm³/mol. The van der Waals surface area contributed by atoms with Crippen molar-refractivity contribution in [3.05, 3.63) is 46.7 Å². The minimum Gasteiger partial charge on any atom is -0.376 e. The van der Waals surface area contributed by atoms with Crippen LogP contribution < -0.4 is 4.90 Å². The van der Waals surface area contributed by atoms with E-state index < -0.39 is 0 Å². The number of amides is 2. The fourth-order valence-electron chi connectivity index (χ4n) is 4.34. The molecule has 4 heterocycles. The first-order chi connectivity index (χ1) is 15.2. The van der Waals surface area contributed by atoms with Crippen molar-refractivity contribution in [3.8, 4) is 0 Å². The first-order valence-corrected chi connectivity index (χ1v) is 12.5. The van der Waals surface area contributed by atoms with Crippen LogP contribution >= 0.6 is 22.7 Å². The molecule has 1 aromatic carbocycles. The average molecular weight is 456 g/mol. The van der Waals surface area contributed by atoms with E-state index in [-0.39, 0.29) is 23.8 Å². The van der Waals surface area contributed by atoms with Gasteiger partial charge in [0, 0.05) is 25.6 Å². The maximum atomic E-state index is 13.6. The summed E-state index contributed by atoms with van der Waals surface area (Å²) in [6.45, 7) is 2.53. The van der Waals surface area contributed by atoms with E-state index in [0.29, 0.717) is 32.5 Å². The van der Waals surface area contributed by atoms with Crippen molar-refractivity contribution in [2.24, 2.45) is 5.92 Å². The summed E-state index contributed by atoms with van der Waals surface area (Å²) in [6, 6.07) is 11.8. The molecule has 0 saturated carbocycles. The lowest BCUT2D eigenvalue weighted by Crippen LogP contribution is -2.46. The number of nitrogens with zero attached hydrogens (tertiary/aromatic N) is 3. The number of piperidine rings is 1. The summed E-state index contributed by atoms with van der Waals surface area (Å²) in [5.74, 6) is 0.0851. The molecule has 1 atom stereocenters. The lowest BCUT2D eigenvalue weighted by molar-refractivity contribution is -0.124. The Bertz CT molecular complexity index is 1020. The summed E-state index contributed by atoms with van der Waals surface area (Å²) in [4.78, 5) is 35.5. The van der Waals surface area contributed by atoms with Crippen LogP contribution in [0.3, 0.4) is 0 Å². The molecule has 0 spiro atoms. The molecule has 0 N–H and O–H groups in total. The Hall–Kier alpha value is -2.29. The second kappa shape index (κ2) is 9.06. The maximum Gasteiger partial charge on any atom is 0.263 e. The van der Waals surface area contributed by atoms with Gasteiger partial charge in [0.25, 0.3) is 5.91 Å². The molecule has 2 saturated heterocycles. The Morgan fingerprint density at radius 3 is 2.68 bits per heavy atom. The molecule has 2 aliphatic heterocycles. The Morgan fingerprint density at radius 2 is 1.97 bits per heavy atom. The summed E-state index contributed by atoms with van der Waals surface area (Å²) in [6.07, 6.45) is 3.45. The second-order valence-corrected chi connectivity index (χ2v) is 10.0. The topological polar surface area (TPSA) is 62.7 Å². The highest BCUT2D eigenvalue weighted by molar-refractivity contribution is 7.22. The predicted octanol–water partition coefficient (Wildman–Crippen LogP) is 4.42. The van der Waals surface area contributed by atoms with Crippen LogP contribution in [0.1, 0.15) is 35.4 Å². The Balaban J connectivity index is 1.31. The van der Waals surface area contributed by atoms with Gasteiger partial charge in [0.15, 0.2) is 5.13 Å². The number of fused-ring (bicyclic) bond motifs is 1. The van der Waals surface area contributed by atoms with Gasteiger partial charge in [-0.3, -0.25) is 14.5 Å². The average Bonchev–Trinajstić information content (AvgIpc) is 3.58. The number of benzene rings is 1. The molecule has 2 amide bonds. The summed E-state index contributed by atoms with van der Waals surface area (Å²) < 4.78 is 6.92. The molecule has 5 rings (SSSR count). The number of para-hydroxylation sites is 1. The minimum absolute atomic E-state index is 0.0662. The maximum absolute atomic E-state index is 13.6. The number of likely N-dealkylation sites (tertiary alicyclic amines) is 1. The Kier molecular flexibility index (Phi) is 6.02. The summed E-state index contributed by atoms with van der Waals surface area (Å²) in [5, 5.41) is 2.67. The van der Waals surface area contributed by atoms with Crippen LogP contribution in [0.25, 0.3) is 10.2 Å². The first kappa shape index (κ1) is 20.6. The lowest BCUT2D eigenvalue weighted by Gasteiger charge is -2.34. The molecule has 0 bridgehead atoms. The molecular formula is C23H25N3O3S2. The number of ether oxygens (including phenoxy) is 1. The van der Waals surface area contributed by atoms with E-state index in [0.717, 1.165) is 39.7 Å². The highest BCUT2D eigenvalue weighted by Gasteiger charge is 2.34. The fourth-order valence-corrected chi connectivity index (χ4v) is 6.01. The van der Waals surface area contributed by atoms with E-state index in [1.807, 2.05) is 51.6 Å². The molecule has 162 valence electrons. The van der Waals surface area contributed by atoms with Gasteiger partial charge >= 0.3 is 0 Å². The van der Waals surface area contributed by atoms with Crippen LogP contribution in [0.15, 0.2) is 41.8 Å². The number of anilines is 1. The SMILES string of the molecule is O=C(c1cccs1)N1CCC(C(=O)N(C[C@H]2CCCO2)c2nc3ccccc3s2)CC1. The number of carbonyl (C=O) groups is 2. The van der Waals surface area contributed by atoms with Gasteiger partial charge in [-0.25, -0.2) is 4.98 Å². The standard InChI is InChI=1S/C23H25N3O3S2/c27-21(16-9-11-25(12-10-16)22(28)20-8-4-14-30-20)26(15-17-5-3-13-29-17)23-24-18-6-1-2-7-19(18)31-23/h1-2,4,6-8,14,16-17H,3,5,9-13,15H2/t17-/m1/s1. The number of hydrogen-bond donors (Lipinski definition) is 0. The number of hydrogen-bond acceptors (Lipinski definition) is 6. The molecule has 31 heavy (non-hydrogen) atoms. The molecule has 2 fully saturated rings. The van der Waals surface area contributed by atoms with E-state index in [9.17, 15) is 9.59 Å². The number of carbonyl (C=O) groups excluding carboxylic acids is 2. The zero-order valence-electron chi connectivity index (χ0n) is 17.2. The van der Waals surface area contributed by atoms with Crippen LogP contribution in [-0.4, -0.2) is 54.0 Å². The summed E-state index contributed by atoms with van der Waals surface area (Å²) in [7, 11) is 0. The van der Waals surface area contributed by atoms with E-state index in [4.69, 9.17) is 9.72 Å². The van der Waals surface area contributed by atoms with Gasteiger partial charge in [0.2, 0.25) is 5.91 Å². The molecule has 0 unspecified atom stereocenters. The summed E-state index contributed by atoms with van der Waals surface area (Å²) in [5.41, 5.74) is 0.920. The van der Waals surface area contributed by atoms with Crippen molar-refractivity contribution in [1.29, 1.82) is 0 Å². The van der Waals surface area contributed by atoms with Crippen molar-refractivity contribution >= 4 is 49.8 Å². The molecule has 0 aliphatic carbocycles. The highest BCUT2D eigenvalue weighted by Crippen LogP contribution is 2.32. The van der Waals surface area contributed by atoms with Crippen LogP contribution in [0, 0.1) is 5.92 Å². The fraction of sp³-hybridized carbons (Fsp3) is 0.435. The quantitative estimate of drug-likeness (QED) is 0.571. The first-order valence-electron chi connectivity index (χ1n) is 10.8. The van der Waals surface area contributed by atoms with E-state index in [1.54, 1.807) is 11.3 Å². The van der Waals surface area contributed by atoms with Crippen molar-refractivity contribution in [2.75, 3.05) is 31.1 Å². The lowest BCUT2D eigenvalue weighted by atomic mass is 9.95. The van der Waals surface area contributed by atoms with Gasteiger partial charge in [-0.15, -0.1) is 11.3 Å². The summed E-state index contributed by atoms with van der Waals surface area (Å²) >= 11 is 3.03. The minimum atomic E-state index is -0.0965. The molecule has 3 aromatic rings. The van der Waals surface area contributed by atoms with Crippen molar-refractivity contribution in [3.63, 3.8) is 0 Å². The number of thiazole rings is 1. The van der Waals surface area contributed by atoms with Crippen LogP contribution in [-0.2, 0) is 9.53 Å². The Morgan fingerprint density at radius 1 is 1.13 bits per heavy atom. The second-order valence-electron chi connectivity index (χ2n) is 8.09. The van der Waals surface area contributed by atoms with E-state index >= 15 is 0 Å². The highest BCUT2D eigenvalue weighted by atomic mass is 32.1. The molecule has 8 heteroatoms. The zero-order valence-corrected chi connectivity index (χ0v) is 18.9. The Labute approximate surface area is 189 Å². The van der Waals surface area contributed by atoms with Gasteiger partial charge in [0.1, 0.15) is 0 Å². The third-order valence-electron chi connectivity index (χ3n) is 6.05. The van der Waals surface area contributed by atoms with Gasteiger partial charge in [0.05, 0.1) is 27.7 Å². The molecule has 2 aromatic heterocycles. The third-order valence-corrected chi connectivity index (χ3v) is 7.97. The van der Waals surface area contributed by atoms with Crippen molar-refractivity contribution in [1.82, 2.24) is 9.88 Å². The number of rotatable bonds is 5. The normalized spacial score (nSPS) is 19.7. The molecule has 2 aliphatic rings. The smallest absolute Gasteiger partial charge is 0.263 e. The van der Waals surface area contributed by atoms with Crippen LogP contribution in [0.4, 0.5) is 5.13 Å². The van der Waals surface area contributed by atoms with Crippen LogP contribution in [0.2, 0.25) is 0 Å². The van der Waals surface area contributed by atoms with Gasteiger partial charge in [-0.1, -0.05) is 29.5 Å². The molecular weight excluding hydrogens is 430 g/mol. The van der Waals surface area contributed by atoms with Gasteiger partial charge in [-0.05, 0) is 49.3 Å². The van der Waals surface area contributed by atoms with Crippen molar-refractivity contribution < 1.29 is 14.3 Å². The van der Waals surface area contributed by atoms with Crippen molar-refractivity contribution in [2.45, 2.75) is 31.8 Å². The number of aromatic nitrogens is 1. The molecule has 6 nitrogen and oxygen atoms in total. The van der Waals surface area contributed by atoms with E-state index in [2.05, 4.69) is 0 Å². The van der Waals surface area contributed by atoms with Gasteiger partial charge < -0.3 is 9.64 Å². The zero-order chi connectivity index (χ0) is 21.2. The number of thiophene rings is 1. The largest absolute Gasteiger partial charge is 0.376 e. The molecule has 0 radical (unpaired) electrons. The van der Waals surface area contributed by atoms with Gasteiger partial charge in [-0.2, -0.15) is 0 Å².